The first-order valence-electron chi connectivity index (χ1n) is 10.4. The van der Waals surface area contributed by atoms with Crippen molar-refractivity contribution in [2.45, 2.75) is 90.2 Å². The lowest BCUT2D eigenvalue weighted by molar-refractivity contribution is 0.00578. The van der Waals surface area contributed by atoms with Gasteiger partial charge in [0.2, 0.25) is 0 Å². The SMILES string of the molecule is CC1(C)OB(c2cnc([C@@H]3CCCN3P)n2COCC[Si](C)(C)C)OC1(C)C. The van der Waals surface area contributed by atoms with Gasteiger partial charge in [-0.1, -0.05) is 29.0 Å². The molecule has 0 amide bonds. The molecule has 0 aromatic carbocycles. The zero-order valence-corrected chi connectivity index (χ0v) is 20.8. The summed E-state index contributed by atoms with van der Waals surface area (Å²) in [4.78, 5) is 4.79. The molecule has 0 aliphatic carbocycles. The van der Waals surface area contributed by atoms with E-state index in [0.29, 0.717) is 12.8 Å². The van der Waals surface area contributed by atoms with E-state index in [-0.39, 0.29) is 11.2 Å². The van der Waals surface area contributed by atoms with Gasteiger partial charge in [-0.2, -0.15) is 0 Å². The van der Waals surface area contributed by atoms with Crippen LogP contribution >= 0.6 is 9.39 Å². The summed E-state index contributed by atoms with van der Waals surface area (Å²) in [6.07, 6.45) is 4.21. The molecule has 3 rings (SSSR count). The van der Waals surface area contributed by atoms with Crippen LogP contribution in [0.1, 0.15) is 52.4 Å². The highest BCUT2D eigenvalue weighted by Crippen LogP contribution is 2.37. The topological polar surface area (TPSA) is 48.8 Å². The first-order chi connectivity index (χ1) is 12.9. The Morgan fingerprint density at radius 2 is 1.89 bits per heavy atom. The second-order valence-corrected chi connectivity index (χ2v) is 16.6. The van der Waals surface area contributed by atoms with Crippen molar-refractivity contribution in [1.29, 1.82) is 0 Å². The number of hydrogen-bond donors (Lipinski definition) is 0. The van der Waals surface area contributed by atoms with Crippen molar-refractivity contribution in [3.63, 3.8) is 0 Å². The van der Waals surface area contributed by atoms with E-state index in [9.17, 15) is 0 Å². The fourth-order valence-corrected chi connectivity index (χ4v) is 4.78. The van der Waals surface area contributed by atoms with Gasteiger partial charge in [0.05, 0.1) is 22.8 Å². The second kappa shape index (κ2) is 8.12. The minimum atomic E-state index is -1.12. The van der Waals surface area contributed by atoms with Gasteiger partial charge in [-0.25, -0.2) is 4.98 Å². The van der Waals surface area contributed by atoms with Crippen LogP contribution in [0.25, 0.3) is 0 Å². The average Bonchev–Trinajstić information content (AvgIpc) is 3.19. The quantitative estimate of drug-likeness (QED) is 0.381. The number of rotatable bonds is 7. The summed E-state index contributed by atoms with van der Waals surface area (Å²) in [5.41, 5.74) is 0.212. The molecule has 1 aromatic rings. The molecular weight excluding hydrogens is 388 g/mol. The van der Waals surface area contributed by atoms with Gasteiger partial charge in [0.15, 0.2) is 0 Å². The Kier molecular flexibility index (Phi) is 6.51. The maximum absolute atomic E-state index is 6.30. The van der Waals surface area contributed by atoms with Crippen molar-refractivity contribution in [3.8, 4) is 0 Å². The third kappa shape index (κ3) is 4.73. The predicted octanol–water partition coefficient (Wildman–Crippen LogP) is 3.42. The van der Waals surface area contributed by atoms with Crippen LogP contribution in [0.15, 0.2) is 6.20 Å². The maximum atomic E-state index is 6.30. The Hall–Kier alpha value is -0.238. The van der Waals surface area contributed by atoms with Crippen molar-refractivity contribution in [3.05, 3.63) is 12.0 Å². The lowest BCUT2D eigenvalue weighted by atomic mass is 9.85. The highest BCUT2D eigenvalue weighted by atomic mass is 31.0. The Bertz CT molecular complexity index is 676. The van der Waals surface area contributed by atoms with Crippen molar-refractivity contribution in [2.24, 2.45) is 0 Å². The molecule has 2 fully saturated rings. The van der Waals surface area contributed by atoms with Crippen molar-refractivity contribution < 1.29 is 14.0 Å². The van der Waals surface area contributed by atoms with Gasteiger partial charge < -0.3 is 18.6 Å². The van der Waals surface area contributed by atoms with Gasteiger partial charge in [-0.15, -0.1) is 0 Å². The minimum absolute atomic E-state index is 0.293. The number of hydrogen-bond acceptors (Lipinski definition) is 5. The van der Waals surface area contributed by atoms with Crippen LogP contribution in [0.5, 0.6) is 0 Å². The van der Waals surface area contributed by atoms with E-state index in [1.807, 2.05) is 6.20 Å². The van der Waals surface area contributed by atoms with Crippen LogP contribution in [0.2, 0.25) is 25.7 Å². The molecule has 2 atom stereocenters. The molecule has 3 heterocycles. The molecule has 9 heteroatoms. The summed E-state index contributed by atoms with van der Waals surface area (Å²) in [6, 6.07) is 1.45. The molecule has 1 unspecified atom stereocenters. The van der Waals surface area contributed by atoms with Gasteiger partial charge in [0, 0.05) is 27.4 Å². The third-order valence-electron chi connectivity index (χ3n) is 6.22. The molecule has 158 valence electrons. The largest absolute Gasteiger partial charge is 0.514 e. The summed E-state index contributed by atoms with van der Waals surface area (Å²) in [6.45, 7) is 17.8. The van der Waals surface area contributed by atoms with Crippen LogP contribution in [0, 0.1) is 0 Å². The van der Waals surface area contributed by atoms with E-state index in [1.54, 1.807) is 0 Å². The van der Waals surface area contributed by atoms with Crippen LogP contribution in [0.4, 0.5) is 0 Å². The van der Waals surface area contributed by atoms with E-state index in [4.69, 9.17) is 19.0 Å². The van der Waals surface area contributed by atoms with Gasteiger partial charge in [0.1, 0.15) is 12.6 Å². The highest BCUT2D eigenvalue weighted by molar-refractivity contribution is 7.13. The normalized spacial score (nSPS) is 25.0. The number of aromatic nitrogens is 2. The maximum Gasteiger partial charge on any atom is 0.514 e. The van der Waals surface area contributed by atoms with E-state index >= 15 is 0 Å². The first-order valence-corrected chi connectivity index (χ1v) is 14.6. The van der Waals surface area contributed by atoms with E-state index in [2.05, 4.69) is 66.0 Å². The predicted molar refractivity (Wildman–Crippen MR) is 120 cm³/mol. The van der Waals surface area contributed by atoms with Gasteiger partial charge in [-0.05, 0) is 46.6 Å². The first kappa shape index (κ1) is 22.4. The summed E-state index contributed by atoms with van der Waals surface area (Å²) < 4.78 is 23.2. The van der Waals surface area contributed by atoms with Crippen LogP contribution in [0.3, 0.4) is 0 Å². The number of nitrogens with zero attached hydrogens (tertiary/aromatic N) is 3. The molecule has 2 aliphatic heterocycles. The zero-order chi connectivity index (χ0) is 20.7. The van der Waals surface area contributed by atoms with Crippen molar-refractivity contribution in [1.82, 2.24) is 14.2 Å². The number of ether oxygens (including phenoxy) is 1. The molecule has 2 aliphatic rings. The molecule has 0 saturated carbocycles. The summed E-state index contributed by atoms with van der Waals surface area (Å²) in [5.74, 6) is 1.05. The molecule has 0 bridgehead atoms. The highest BCUT2D eigenvalue weighted by Gasteiger charge is 2.53. The van der Waals surface area contributed by atoms with Crippen LogP contribution < -0.4 is 5.59 Å². The lowest BCUT2D eigenvalue weighted by Crippen LogP contribution is -2.41. The zero-order valence-electron chi connectivity index (χ0n) is 18.6. The van der Waals surface area contributed by atoms with E-state index in [1.165, 1.54) is 6.42 Å². The molecule has 2 saturated heterocycles. The second-order valence-electron chi connectivity index (χ2n) is 10.3. The molecular formula is C19H37BN3O3PSi. The van der Waals surface area contributed by atoms with Crippen LogP contribution in [-0.4, -0.2) is 53.8 Å². The molecule has 0 N–H and O–H groups in total. The summed E-state index contributed by atoms with van der Waals surface area (Å²) >= 11 is 0. The number of imidazole rings is 1. The Balaban J connectivity index is 1.82. The van der Waals surface area contributed by atoms with Gasteiger partial charge >= 0.3 is 7.12 Å². The van der Waals surface area contributed by atoms with E-state index < -0.39 is 15.2 Å². The standard InChI is InChI=1S/C19H37BN3O3PSi/c1-18(2)19(3,4)26-20(25-18)16-13-21-17(15-9-8-10-23(15)27)22(16)14-24-11-12-28(5,6)7/h13,15H,8-12,14,27H2,1-7H3/t15-/m0/s1. The van der Waals surface area contributed by atoms with Crippen molar-refractivity contribution in [2.75, 3.05) is 13.2 Å². The molecule has 0 radical (unpaired) electrons. The monoisotopic (exact) mass is 425 g/mol. The van der Waals surface area contributed by atoms with Gasteiger partial charge in [0.25, 0.3) is 0 Å². The summed E-state index contributed by atoms with van der Waals surface area (Å²) in [7, 11) is 1.31. The Morgan fingerprint density at radius 1 is 1.25 bits per heavy atom. The molecule has 6 nitrogen and oxygen atoms in total. The van der Waals surface area contributed by atoms with E-state index in [0.717, 1.165) is 37.0 Å². The molecule has 28 heavy (non-hydrogen) atoms. The van der Waals surface area contributed by atoms with Crippen LogP contribution in [-0.2, 0) is 20.8 Å². The lowest BCUT2D eigenvalue weighted by Gasteiger charge is -2.32. The average molecular weight is 425 g/mol. The fraction of sp³-hybridized carbons (Fsp3) is 0.842. The fourth-order valence-electron chi connectivity index (χ4n) is 3.56. The Morgan fingerprint density at radius 3 is 2.43 bits per heavy atom. The van der Waals surface area contributed by atoms with Crippen molar-refractivity contribution >= 4 is 30.2 Å². The smallest absolute Gasteiger partial charge is 0.398 e. The molecule has 1 aromatic heterocycles. The minimum Gasteiger partial charge on any atom is -0.398 e. The molecule has 0 spiro atoms. The summed E-state index contributed by atoms with van der Waals surface area (Å²) in [5, 5.41) is 0. The Labute approximate surface area is 174 Å². The third-order valence-corrected chi connectivity index (χ3v) is 8.54. The van der Waals surface area contributed by atoms with Gasteiger partial charge in [-0.3, -0.25) is 4.67 Å².